The Balaban J connectivity index is 1.47. The van der Waals surface area contributed by atoms with Crippen molar-refractivity contribution in [2.24, 2.45) is 17.8 Å². The number of rotatable bonds is 15. The summed E-state index contributed by atoms with van der Waals surface area (Å²) in [5.41, 5.74) is 0. The SMILES string of the molecule is CCCCCCCCCCOC(=O)C1CCC(OCCOC2CCC(C)CC2)C(C)C1. The molecule has 2 fully saturated rings. The van der Waals surface area contributed by atoms with Crippen molar-refractivity contribution in [3.05, 3.63) is 0 Å². The van der Waals surface area contributed by atoms with Crippen LogP contribution in [0.4, 0.5) is 0 Å². The second kappa shape index (κ2) is 16.1. The van der Waals surface area contributed by atoms with E-state index >= 15 is 0 Å². The van der Waals surface area contributed by atoms with Gasteiger partial charge in [0.15, 0.2) is 0 Å². The monoisotopic (exact) mass is 438 g/mol. The standard InChI is InChI=1S/C27H50O4/c1-4-5-6-7-8-9-10-11-18-31-27(28)24-14-17-26(23(3)21-24)30-20-19-29-25-15-12-22(2)13-16-25/h22-26H,4-21H2,1-3H3. The molecular formula is C27H50O4. The van der Waals surface area contributed by atoms with Gasteiger partial charge in [0.05, 0.1) is 37.9 Å². The van der Waals surface area contributed by atoms with Gasteiger partial charge in [0.25, 0.3) is 0 Å². The Hall–Kier alpha value is -0.610. The maximum Gasteiger partial charge on any atom is 0.308 e. The fraction of sp³-hybridized carbons (Fsp3) is 0.963. The van der Waals surface area contributed by atoms with Crippen LogP contribution in [-0.4, -0.2) is 38.0 Å². The second-order valence-electron chi connectivity index (χ2n) is 10.3. The van der Waals surface area contributed by atoms with Crippen molar-refractivity contribution in [1.82, 2.24) is 0 Å². The molecule has 4 nitrogen and oxygen atoms in total. The quantitative estimate of drug-likeness (QED) is 0.202. The number of esters is 1. The second-order valence-corrected chi connectivity index (χ2v) is 10.3. The lowest BCUT2D eigenvalue weighted by molar-refractivity contribution is -0.152. The number of unbranched alkanes of at least 4 members (excludes halogenated alkanes) is 7. The van der Waals surface area contributed by atoms with Crippen molar-refractivity contribution in [2.45, 2.75) is 129 Å². The van der Waals surface area contributed by atoms with Crippen molar-refractivity contribution in [2.75, 3.05) is 19.8 Å². The molecule has 2 aliphatic carbocycles. The summed E-state index contributed by atoms with van der Waals surface area (Å²) in [6.45, 7) is 8.77. The van der Waals surface area contributed by atoms with E-state index in [2.05, 4.69) is 20.8 Å². The molecule has 3 unspecified atom stereocenters. The van der Waals surface area contributed by atoms with Gasteiger partial charge in [-0.15, -0.1) is 0 Å². The Labute approximate surface area is 192 Å². The first-order valence-electron chi connectivity index (χ1n) is 13.5. The lowest BCUT2D eigenvalue weighted by Gasteiger charge is -2.33. The van der Waals surface area contributed by atoms with Crippen LogP contribution in [-0.2, 0) is 19.0 Å². The molecule has 0 aromatic rings. The molecule has 2 aliphatic rings. The summed E-state index contributed by atoms with van der Waals surface area (Å²) in [7, 11) is 0. The van der Waals surface area contributed by atoms with E-state index in [1.165, 1.54) is 70.6 Å². The van der Waals surface area contributed by atoms with Crippen molar-refractivity contribution in [1.29, 1.82) is 0 Å². The zero-order chi connectivity index (χ0) is 22.3. The van der Waals surface area contributed by atoms with Crippen LogP contribution < -0.4 is 0 Å². The molecule has 0 aromatic heterocycles. The maximum atomic E-state index is 12.4. The number of carbonyl (C=O) groups is 1. The van der Waals surface area contributed by atoms with Crippen molar-refractivity contribution in [3.63, 3.8) is 0 Å². The zero-order valence-corrected chi connectivity index (χ0v) is 20.7. The van der Waals surface area contributed by atoms with Gasteiger partial charge in [-0.3, -0.25) is 4.79 Å². The fourth-order valence-electron chi connectivity index (χ4n) is 5.17. The van der Waals surface area contributed by atoms with Crippen molar-refractivity contribution in [3.8, 4) is 0 Å². The van der Waals surface area contributed by atoms with Crippen LogP contribution in [0.25, 0.3) is 0 Å². The van der Waals surface area contributed by atoms with Gasteiger partial charge in [0, 0.05) is 0 Å². The van der Waals surface area contributed by atoms with Crippen LogP contribution in [0, 0.1) is 17.8 Å². The van der Waals surface area contributed by atoms with Crippen LogP contribution >= 0.6 is 0 Å². The van der Waals surface area contributed by atoms with Gasteiger partial charge in [-0.25, -0.2) is 0 Å². The minimum atomic E-state index is 0.0168. The third kappa shape index (κ3) is 11.2. The molecule has 0 N–H and O–H groups in total. The minimum absolute atomic E-state index is 0.0168. The molecular weight excluding hydrogens is 388 g/mol. The topological polar surface area (TPSA) is 44.8 Å². The largest absolute Gasteiger partial charge is 0.465 e. The van der Waals surface area contributed by atoms with Crippen LogP contribution in [0.3, 0.4) is 0 Å². The summed E-state index contributed by atoms with van der Waals surface area (Å²) < 4.78 is 17.7. The molecule has 0 saturated heterocycles. The van der Waals surface area contributed by atoms with Crippen LogP contribution in [0.1, 0.15) is 117 Å². The van der Waals surface area contributed by atoms with E-state index in [0.29, 0.717) is 31.8 Å². The number of hydrogen-bond donors (Lipinski definition) is 0. The molecule has 0 aliphatic heterocycles. The highest BCUT2D eigenvalue weighted by Crippen LogP contribution is 2.32. The van der Waals surface area contributed by atoms with E-state index in [1.807, 2.05) is 0 Å². The van der Waals surface area contributed by atoms with Gasteiger partial charge in [-0.2, -0.15) is 0 Å². The average molecular weight is 439 g/mol. The highest BCUT2D eigenvalue weighted by molar-refractivity contribution is 5.72. The third-order valence-corrected chi connectivity index (χ3v) is 7.40. The molecule has 0 radical (unpaired) electrons. The average Bonchev–Trinajstić information content (AvgIpc) is 2.77. The fourth-order valence-corrected chi connectivity index (χ4v) is 5.17. The van der Waals surface area contributed by atoms with Gasteiger partial charge >= 0.3 is 5.97 Å². The first-order chi connectivity index (χ1) is 15.1. The Kier molecular flexibility index (Phi) is 13.8. The summed E-state index contributed by atoms with van der Waals surface area (Å²) in [5.74, 6) is 1.34. The summed E-state index contributed by atoms with van der Waals surface area (Å²) in [6.07, 6.45) is 18.6. The van der Waals surface area contributed by atoms with E-state index in [1.54, 1.807) is 0 Å². The predicted molar refractivity (Wildman–Crippen MR) is 127 cm³/mol. The molecule has 31 heavy (non-hydrogen) atoms. The van der Waals surface area contributed by atoms with Gasteiger partial charge in [0.1, 0.15) is 0 Å². The molecule has 0 aromatic carbocycles. The Bertz CT molecular complexity index is 458. The predicted octanol–water partition coefficient (Wildman–Crippen LogP) is 7.09. The zero-order valence-electron chi connectivity index (χ0n) is 20.7. The Morgan fingerprint density at radius 1 is 0.742 bits per heavy atom. The highest BCUT2D eigenvalue weighted by atomic mass is 16.5. The number of hydrogen-bond acceptors (Lipinski definition) is 4. The summed E-state index contributed by atoms with van der Waals surface area (Å²) in [6, 6.07) is 0. The van der Waals surface area contributed by atoms with Gasteiger partial charge in [-0.1, -0.05) is 65.7 Å². The summed E-state index contributed by atoms with van der Waals surface area (Å²) >= 11 is 0. The van der Waals surface area contributed by atoms with E-state index in [9.17, 15) is 4.79 Å². The van der Waals surface area contributed by atoms with E-state index < -0.39 is 0 Å². The third-order valence-electron chi connectivity index (χ3n) is 7.40. The molecule has 4 heteroatoms. The molecule has 0 amide bonds. The smallest absolute Gasteiger partial charge is 0.308 e. The van der Waals surface area contributed by atoms with Gasteiger partial charge in [0.2, 0.25) is 0 Å². The van der Waals surface area contributed by atoms with Gasteiger partial charge in [-0.05, 0) is 63.2 Å². The Morgan fingerprint density at radius 2 is 1.39 bits per heavy atom. The molecule has 0 heterocycles. The number of ether oxygens (including phenoxy) is 3. The summed E-state index contributed by atoms with van der Waals surface area (Å²) in [4.78, 5) is 12.4. The maximum absolute atomic E-state index is 12.4. The summed E-state index contributed by atoms with van der Waals surface area (Å²) in [5, 5.41) is 0. The first-order valence-corrected chi connectivity index (χ1v) is 13.5. The molecule has 3 atom stereocenters. The first kappa shape index (κ1) is 26.6. The van der Waals surface area contributed by atoms with Crippen LogP contribution in [0.5, 0.6) is 0 Å². The molecule has 0 spiro atoms. The lowest BCUT2D eigenvalue weighted by Crippen LogP contribution is -2.34. The van der Waals surface area contributed by atoms with E-state index in [-0.39, 0.29) is 18.0 Å². The molecule has 182 valence electrons. The van der Waals surface area contributed by atoms with Gasteiger partial charge < -0.3 is 14.2 Å². The molecule has 0 bridgehead atoms. The van der Waals surface area contributed by atoms with Crippen LogP contribution in [0.15, 0.2) is 0 Å². The van der Waals surface area contributed by atoms with Crippen molar-refractivity contribution >= 4 is 5.97 Å². The van der Waals surface area contributed by atoms with E-state index in [4.69, 9.17) is 14.2 Å². The highest BCUT2D eigenvalue weighted by Gasteiger charge is 2.32. The van der Waals surface area contributed by atoms with Crippen molar-refractivity contribution < 1.29 is 19.0 Å². The lowest BCUT2D eigenvalue weighted by atomic mass is 9.80. The Morgan fingerprint density at radius 3 is 2.06 bits per heavy atom. The molecule has 2 rings (SSSR count). The number of carbonyl (C=O) groups excluding carboxylic acids is 1. The molecule has 2 saturated carbocycles. The minimum Gasteiger partial charge on any atom is -0.465 e. The van der Waals surface area contributed by atoms with E-state index in [0.717, 1.165) is 31.6 Å². The van der Waals surface area contributed by atoms with Crippen LogP contribution in [0.2, 0.25) is 0 Å². The normalized spacial score (nSPS) is 29.1.